The first kappa shape index (κ1) is 13.5. The predicted molar refractivity (Wildman–Crippen MR) is 65.9 cm³/mol. The number of nitriles is 1. The van der Waals surface area contributed by atoms with E-state index < -0.39 is 0 Å². The maximum atomic E-state index is 11.8. The highest BCUT2D eigenvalue weighted by Gasteiger charge is 2.05. The summed E-state index contributed by atoms with van der Waals surface area (Å²) in [5.41, 5.74) is 0.809. The van der Waals surface area contributed by atoms with E-state index in [-0.39, 0.29) is 11.1 Å². The van der Waals surface area contributed by atoms with E-state index in [9.17, 15) is 4.79 Å². The number of rotatable bonds is 6. The molecule has 0 aliphatic heterocycles. The number of aryl methyl sites for hydroxylation is 1. The Morgan fingerprint density at radius 3 is 2.82 bits per heavy atom. The van der Waals surface area contributed by atoms with Crippen molar-refractivity contribution < 1.29 is 4.74 Å². The zero-order chi connectivity index (χ0) is 12.7. The molecular formula is C13H18N2O2. The molecule has 0 radical (unpaired) electrons. The normalized spacial score (nSPS) is 10.2. The van der Waals surface area contributed by atoms with Crippen molar-refractivity contribution in [3.8, 4) is 6.07 Å². The van der Waals surface area contributed by atoms with Crippen LogP contribution in [0.1, 0.15) is 31.0 Å². The van der Waals surface area contributed by atoms with Crippen LogP contribution in [-0.4, -0.2) is 17.8 Å². The maximum Gasteiger partial charge on any atom is 0.268 e. The van der Waals surface area contributed by atoms with Crippen LogP contribution in [0.5, 0.6) is 0 Å². The molecular weight excluding hydrogens is 216 g/mol. The number of hydrogen-bond acceptors (Lipinski definition) is 3. The molecule has 0 unspecified atom stereocenters. The van der Waals surface area contributed by atoms with Gasteiger partial charge in [0.15, 0.2) is 0 Å². The zero-order valence-electron chi connectivity index (χ0n) is 10.4. The number of ether oxygens (including phenoxy) is 1. The summed E-state index contributed by atoms with van der Waals surface area (Å²) in [5, 5.41) is 8.78. The van der Waals surface area contributed by atoms with E-state index in [1.165, 1.54) is 0 Å². The molecule has 17 heavy (non-hydrogen) atoms. The highest BCUT2D eigenvalue weighted by atomic mass is 16.5. The van der Waals surface area contributed by atoms with E-state index in [1.807, 2.05) is 13.0 Å². The molecule has 0 saturated heterocycles. The van der Waals surface area contributed by atoms with Crippen LogP contribution in [0.25, 0.3) is 0 Å². The molecule has 0 amide bonds. The second-order valence-corrected chi connectivity index (χ2v) is 3.92. The molecule has 92 valence electrons. The van der Waals surface area contributed by atoms with Crippen molar-refractivity contribution in [3.05, 3.63) is 33.7 Å². The molecule has 0 bridgehead atoms. The zero-order valence-corrected chi connectivity index (χ0v) is 10.4. The summed E-state index contributed by atoms with van der Waals surface area (Å²) in [6.07, 6.45) is 2.13. The fraction of sp³-hybridized carbons (Fsp3) is 0.538. The minimum Gasteiger partial charge on any atom is -0.380 e. The van der Waals surface area contributed by atoms with Crippen LogP contribution in [0.15, 0.2) is 16.9 Å². The van der Waals surface area contributed by atoms with Gasteiger partial charge in [0.25, 0.3) is 5.56 Å². The third-order valence-electron chi connectivity index (χ3n) is 2.61. The van der Waals surface area contributed by atoms with Gasteiger partial charge in [-0.05, 0) is 25.5 Å². The van der Waals surface area contributed by atoms with Crippen LogP contribution in [0.4, 0.5) is 0 Å². The molecule has 1 aromatic rings. The Bertz CT molecular complexity index is 457. The van der Waals surface area contributed by atoms with Gasteiger partial charge in [-0.2, -0.15) is 5.26 Å². The molecule has 1 heterocycles. The second kappa shape index (κ2) is 6.87. The quantitative estimate of drug-likeness (QED) is 0.706. The Kier molecular flexibility index (Phi) is 5.44. The summed E-state index contributed by atoms with van der Waals surface area (Å²) in [6, 6.07) is 5.24. The number of unbranched alkanes of at least 4 members (excludes halogenated alkanes) is 1. The van der Waals surface area contributed by atoms with Crippen LogP contribution >= 0.6 is 0 Å². The minimum atomic E-state index is -0.230. The number of pyridine rings is 1. The van der Waals surface area contributed by atoms with Gasteiger partial charge >= 0.3 is 0 Å². The fourth-order valence-corrected chi connectivity index (χ4v) is 1.54. The van der Waals surface area contributed by atoms with Crippen molar-refractivity contribution in [1.82, 2.24) is 4.57 Å². The highest BCUT2D eigenvalue weighted by molar-refractivity contribution is 5.27. The van der Waals surface area contributed by atoms with Gasteiger partial charge in [0.1, 0.15) is 11.6 Å². The highest BCUT2D eigenvalue weighted by Crippen LogP contribution is 1.98. The van der Waals surface area contributed by atoms with Gasteiger partial charge in [-0.25, -0.2) is 0 Å². The molecule has 0 N–H and O–H groups in total. The standard InChI is InChI=1S/C13H18N2O2/c1-3-4-8-17-9-7-15-11(2)5-6-12(10-14)13(15)16/h5-6H,3-4,7-9H2,1-2H3. The summed E-state index contributed by atoms with van der Waals surface area (Å²) >= 11 is 0. The largest absolute Gasteiger partial charge is 0.380 e. The molecule has 0 fully saturated rings. The topological polar surface area (TPSA) is 55.0 Å². The van der Waals surface area contributed by atoms with Gasteiger partial charge in [-0.15, -0.1) is 0 Å². The predicted octanol–water partition coefficient (Wildman–Crippen LogP) is 1.85. The molecule has 4 heteroatoms. The first-order valence-corrected chi connectivity index (χ1v) is 5.89. The van der Waals surface area contributed by atoms with Gasteiger partial charge in [0.05, 0.1) is 6.61 Å². The molecule has 0 saturated carbocycles. The molecule has 0 aromatic carbocycles. The third kappa shape index (κ3) is 3.72. The summed E-state index contributed by atoms with van der Waals surface area (Å²) in [6.45, 7) is 5.70. The van der Waals surface area contributed by atoms with Gasteiger partial charge in [0, 0.05) is 18.8 Å². The van der Waals surface area contributed by atoms with Gasteiger partial charge in [-0.1, -0.05) is 13.3 Å². The lowest BCUT2D eigenvalue weighted by molar-refractivity contribution is 0.122. The Balaban J connectivity index is 2.65. The van der Waals surface area contributed by atoms with Crippen molar-refractivity contribution in [3.63, 3.8) is 0 Å². The Morgan fingerprint density at radius 2 is 2.18 bits per heavy atom. The minimum absolute atomic E-state index is 0.184. The Labute approximate surface area is 101 Å². The van der Waals surface area contributed by atoms with E-state index >= 15 is 0 Å². The maximum absolute atomic E-state index is 11.8. The van der Waals surface area contributed by atoms with E-state index in [2.05, 4.69) is 6.92 Å². The average Bonchev–Trinajstić information content (AvgIpc) is 2.33. The number of hydrogen-bond donors (Lipinski definition) is 0. The molecule has 0 aliphatic carbocycles. The summed E-state index contributed by atoms with van der Waals surface area (Å²) in [4.78, 5) is 11.8. The average molecular weight is 234 g/mol. The Hall–Kier alpha value is -1.60. The molecule has 4 nitrogen and oxygen atoms in total. The summed E-state index contributed by atoms with van der Waals surface area (Å²) in [7, 11) is 0. The monoisotopic (exact) mass is 234 g/mol. The second-order valence-electron chi connectivity index (χ2n) is 3.92. The SMILES string of the molecule is CCCCOCCn1c(C)ccc(C#N)c1=O. The molecule has 0 spiro atoms. The molecule has 0 aliphatic rings. The lowest BCUT2D eigenvalue weighted by Crippen LogP contribution is -2.26. The van der Waals surface area contributed by atoms with E-state index in [0.717, 1.165) is 25.1 Å². The van der Waals surface area contributed by atoms with Crippen molar-refractivity contribution in [1.29, 1.82) is 5.26 Å². The van der Waals surface area contributed by atoms with E-state index in [4.69, 9.17) is 10.00 Å². The first-order valence-electron chi connectivity index (χ1n) is 5.89. The van der Waals surface area contributed by atoms with Crippen molar-refractivity contribution in [2.75, 3.05) is 13.2 Å². The lowest BCUT2D eigenvalue weighted by atomic mass is 10.2. The van der Waals surface area contributed by atoms with E-state index in [1.54, 1.807) is 16.7 Å². The number of nitrogens with zero attached hydrogens (tertiary/aromatic N) is 2. The number of aromatic nitrogens is 1. The van der Waals surface area contributed by atoms with Crippen molar-refractivity contribution >= 4 is 0 Å². The smallest absolute Gasteiger partial charge is 0.268 e. The van der Waals surface area contributed by atoms with Crippen LogP contribution in [0, 0.1) is 18.3 Å². The summed E-state index contributed by atoms with van der Waals surface area (Å²) < 4.78 is 7.01. The Morgan fingerprint density at radius 1 is 1.41 bits per heavy atom. The fourth-order valence-electron chi connectivity index (χ4n) is 1.54. The van der Waals surface area contributed by atoms with Gasteiger partial charge in [-0.3, -0.25) is 4.79 Å². The van der Waals surface area contributed by atoms with Crippen LogP contribution < -0.4 is 5.56 Å². The van der Waals surface area contributed by atoms with Crippen molar-refractivity contribution in [2.45, 2.75) is 33.2 Å². The molecule has 0 atom stereocenters. The lowest BCUT2D eigenvalue weighted by Gasteiger charge is -2.10. The van der Waals surface area contributed by atoms with Crippen LogP contribution in [0.2, 0.25) is 0 Å². The molecule has 1 rings (SSSR count). The third-order valence-corrected chi connectivity index (χ3v) is 2.61. The summed E-state index contributed by atoms with van der Waals surface area (Å²) in [5.74, 6) is 0. The first-order chi connectivity index (χ1) is 8.20. The van der Waals surface area contributed by atoms with E-state index in [0.29, 0.717) is 13.2 Å². The van der Waals surface area contributed by atoms with Crippen LogP contribution in [-0.2, 0) is 11.3 Å². The van der Waals surface area contributed by atoms with Crippen LogP contribution in [0.3, 0.4) is 0 Å². The van der Waals surface area contributed by atoms with Crippen molar-refractivity contribution in [2.24, 2.45) is 0 Å². The van der Waals surface area contributed by atoms with Gasteiger partial charge in [0.2, 0.25) is 0 Å². The molecule has 1 aromatic heterocycles. The van der Waals surface area contributed by atoms with Gasteiger partial charge < -0.3 is 9.30 Å².